The number of pyridine rings is 1. The highest BCUT2D eigenvalue weighted by molar-refractivity contribution is 7.99. The van der Waals surface area contributed by atoms with Crippen molar-refractivity contribution in [1.82, 2.24) is 25.2 Å². The summed E-state index contributed by atoms with van der Waals surface area (Å²) < 4.78 is 6.95. The van der Waals surface area contributed by atoms with Gasteiger partial charge in [0.05, 0.1) is 19.1 Å². The Kier molecular flexibility index (Phi) is 6.96. The molecule has 0 radical (unpaired) electrons. The summed E-state index contributed by atoms with van der Waals surface area (Å²) in [5, 5.41) is 23.2. The lowest BCUT2D eigenvalue weighted by molar-refractivity contribution is -0.118. The van der Waals surface area contributed by atoms with Crippen LogP contribution in [-0.2, 0) is 4.79 Å². The molecule has 0 aliphatic heterocycles. The van der Waals surface area contributed by atoms with Crippen molar-refractivity contribution in [1.29, 1.82) is 0 Å². The number of phenolic OH excluding ortho intramolecular Hbond substituents is 1. The van der Waals surface area contributed by atoms with Gasteiger partial charge in [-0.15, -0.1) is 10.2 Å². The van der Waals surface area contributed by atoms with Crippen LogP contribution in [0.5, 0.6) is 11.5 Å². The molecule has 0 aliphatic rings. The van der Waals surface area contributed by atoms with Gasteiger partial charge in [0.2, 0.25) is 0 Å². The Balaban J connectivity index is 1.47. The van der Waals surface area contributed by atoms with E-state index in [1.165, 1.54) is 25.1 Å². The van der Waals surface area contributed by atoms with Crippen molar-refractivity contribution in [3.63, 3.8) is 0 Å². The van der Waals surface area contributed by atoms with Crippen LogP contribution < -0.4 is 10.2 Å². The molecule has 166 valence electrons. The van der Waals surface area contributed by atoms with Crippen LogP contribution in [0, 0.1) is 0 Å². The third-order valence-electron chi connectivity index (χ3n) is 4.56. The van der Waals surface area contributed by atoms with Gasteiger partial charge in [0.15, 0.2) is 22.5 Å². The summed E-state index contributed by atoms with van der Waals surface area (Å²) in [6.07, 6.45) is 4.74. The topological polar surface area (TPSA) is 115 Å². The van der Waals surface area contributed by atoms with Gasteiger partial charge < -0.3 is 9.84 Å². The number of methoxy groups -OCH3 is 1. The van der Waals surface area contributed by atoms with E-state index < -0.39 is 0 Å². The molecule has 0 fully saturated rings. The summed E-state index contributed by atoms with van der Waals surface area (Å²) in [6.45, 7) is 0. The number of nitrogens with one attached hydrogen (secondary N) is 1. The van der Waals surface area contributed by atoms with E-state index in [-0.39, 0.29) is 17.4 Å². The standard InChI is InChI=1S/C23H20N6O3S/c1-32-19-9-5-6-17(21(19)31)14-25-26-20(30)15-33-23-28-27-22(16-10-12-24-13-11-16)29(23)18-7-3-2-4-8-18/h2-14,31H,15H2,1H3,(H,26,30)/b25-14-. The number of rotatable bonds is 8. The van der Waals surface area contributed by atoms with E-state index in [1.54, 1.807) is 30.6 Å². The highest BCUT2D eigenvalue weighted by atomic mass is 32.2. The molecular formula is C23H20N6O3S. The number of thioether (sulfide) groups is 1. The van der Waals surface area contributed by atoms with Gasteiger partial charge in [0.1, 0.15) is 0 Å². The maximum absolute atomic E-state index is 12.3. The van der Waals surface area contributed by atoms with Gasteiger partial charge in [-0.1, -0.05) is 36.0 Å². The third kappa shape index (κ3) is 5.18. The van der Waals surface area contributed by atoms with Crippen LogP contribution in [0.3, 0.4) is 0 Å². The van der Waals surface area contributed by atoms with E-state index in [4.69, 9.17) is 4.74 Å². The molecular weight excluding hydrogens is 440 g/mol. The van der Waals surface area contributed by atoms with Gasteiger partial charge in [-0.2, -0.15) is 5.10 Å². The van der Waals surface area contributed by atoms with Gasteiger partial charge in [-0.05, 0) is 36.4 Å². The molecule has 4 rings (SSSR count). The number of hydrogen-bond donors (Lipinski definition) is 2. The van der Waals surface area contributed by atoms with E-state index in [0.717, 1.165) is 11.3 Å². The Labute approximate surface area is 194 Å². The zero-order valence-electron chi connectivity index (χ0n) is 17.6. The second-order valence-electron chi connectivity index (χ2n) is 6.69. The fourth-order valence-corrected chi connectivity index (χ4v) is 3.75. The number of carbonyl (C=O) groups excluding carboxylic acids is 1. The van der Waals surface area contributed by atoms with E-state index in [0.29, 0.717) is 22.3 Å². The van der Waals surface area contributed by atoms with Crippen LogP contribution in [0.2, 0.25) is 0 Å². The van der Waals surface area contributed by atoms with Crippen molar-refractivity contribution in [2.24, 2.45) is 5.10 Å². The molecule has 9 nitrogen and oxygen atoms in total. The predicted molar refractivity (Wildman–Crippen MR) is 126 cm³/mol. The Morgan fingerprint density at radius 1 is 1.12 bits per heavy atom. The van der Waals surface area contributed by atoms with Gasteiger partial charge in [0, 0.05) is 29.2 Å². The average molecular weight is 461 g/mol. The van der Waals surface area contributed by atoms with Crippen LogP contribution in [0.15, 0.2) is 83.3 Å². The molecule has 0 saturated carbocycles. The van der Waals surface area contributed by atoms with E-state index in [9.17, 15) is 9.90 Å². The average Bonchev–Trinajstić information content (AvgIpc) is 3.29. The normalized spacial score (nSPS) is 10.9. The SMILES string of the molecule is COc1cccc(/C=N\NC(=O)CSc2nnc(-c3ccncc3)n2-c2ccccc2)c1O. The summed E-state index contributed by atoms with van der Waals surface area (Å²) in [7, 11) is 1.46. The van der Waals surface area contributed by atoms with Crippen LogP contribution in [-0.4, -0.2) is 49.8 Å². The van der Waals surface area contributed by atoms with E-state index in [1.807, 2.05) is 47.0 Å². The zero-order valence-corrected chi connectivity index (χ0v) is 18.4. The van der Waals surface area contributed by atoms with Crippen molar-refractivity contribution in [3.05, 3.63) is 78.6 Å². The summed E-state index contributed by atoms with van der Waals surface area (Å²) >= 11 is 1.24. The zero-order chi connectivity index (χ0) is 23.0. The first-order valence-corrected chi connectivity index (χ1v) is 10.9. The van der Waals surface area contributed by atoms with Crippen molar-refractivity contribution in [2.75, 3.05) is 12.9 Å². The number of carbonyl (C=O) groups is 1. The van der Waals surface area contributed by atoms with Crippen LogP contribution in [0.4, 0.5) is 0 Å². The lowest BCUT2D eigenvalue weighted by Crippen LogP contribution is -2.20. The van der Waals surface area contributed by atoms with E-state index >= 15 is 0 Å². The number of nitrogens with zero attached hydrogens (tertiary/aromatic N) is 5. The van der Waals surface area contributed by atoms with Gasteiger partial charge in [-0.25, -0.2) is 5.43 Å². The number of aromatic hydroxyl groups is 1. The minimum atomic E-state index is -0.327. The number of para-hydroxylation sites is 2. The van der Waals surface area contributed by atoms with Crippen LogP contribution >= 0.6 is 11.8 Å². The quantitative estimate of drug-likeness (QED) is 0.236. The number of aromatic nitrogens is 4. The molecule has 2 aromatic carbocycles. The monoisotopic (exact) mass is 460 g/mol. The molecule has 0 aliphatic carbocycles. The first-order valence-electron chi connectivity index (χ1n) is 9.89. The maximum atomic E-state index is 12.3. The maximum Gasteiger partial charge on any atom is 0.250 e. The summed E-state index contributed by atoms with van der Waals surface area (Å²) in [5.74, 6) is 0.672. The van der Waals surface area contributed by atoms with Crippen molar-refractivity contribution in [3.8, 4) is 28.6 Å². The number of hydrogen-bond acceptors (Lipinski definition) is 8. The minimum absolute atomic E-state index is 0.0491. The predicted octanol–water partition coefficient (Wildman–Crippen LogP) is 3.29. The molecule has 2 N–H and O–H groups in total. The number of benzene rings is 2. The molecule has 2 aromatic heterocycles. The van der Waals surface area contributed by atoms with Gasteiger partial charge in [0.25, 0.3) is 5.91 Å². The number of amides is 1. The number of hydrazone groups is 1. The van der Waals surface area contributed by atoms with Crippen LogP contribution in [0.25, 0.3) is 17.1 Å². The van der Waals surface area contributed by atoms with Gasteiger partial charge in [-0.3, -0.25) is 14.3 Å². The molecule has 0 spiro atoms. The summed E-state index contributed by atoms with van der Waals surface area (Å²) in [4.78, 5) is 16.4. The van der Waals surface area contributed by atoms with Crippen molar-refractivity contribution < 1.29 is 14.6 Å². The summed E-state index contributed by atoms with van der Waals surface area (Å²) in [6, 6.07) is 18.4. The smallest absolute Gasteiger partial charge is 0.250 e. The van der Waals surface area contributed by atoms with Crippen molar-refractivity contribution in [2.45, 2.75) is 5.16 Å². The highest BCUT2D eigenvalue weighted by Gasteiger charge is 2.17. The lowest BCUT2D eigenvalue weighted by Gasteiger charge is -2.10. The Morgan fingerprint density at radius 3 is 2.67 bits per heavy atom. The molecule has 1 amide bonds. The molecule has 0 unspecified atom stereocenters. The first kappa shape index (κ1) is 22.0. The molecule has 0 atom stereocenters. The Hall–Kier alpha value is -4.18. The molecule has 10 heteroatoms. The second-order valence-corrected chi connectivity index (χ2v) is 7.64. The fraction of sp³-hybridized carbons (Fsp3) is 0.0870. The van der Waals surface area contributed by atoms with Crippen LogP contribution in [0.1, 0.15) is 5.56 Å². The fourth-order valence-electron chi connectivity index (χ4n) is 3.01. The molecule has 2 heterocycles. The van der Waals surface area contributed by atoms with Crippen molar-refractivity contribution >= 4 is 23.9 Å². The molecule has 33 heavy (non-hydrogen) atoms. The number of ether oxygens (including phenoxy) is 1. The molecule has 0 saturated heterocycles. The van der Waals surface area contributed by atoms with Gasteiger partial charge >= 0.3 is 0 Å². The third-order valence-corrected chi connectivity index (χ3v) is 5.49. The molecule has 4 aromatic rings. The van der Waals surface area contributed by atoms with E-state index in [2.05, 4.69) is 25.7 Å². The number of phenols is 1. The first-order chi connectivity index (χ1) is 16.2. The Bertz CT molecular complexity index is 1260. The second kappa shape index (κ2) is 10.4. The largest absolute Gasteiger partial charge is 0.504 e. The highest BCUT2D eigenvalue weighted by Crippen LogP contribution is 2.28. The Morgan fingerprint density at radius 2 is 1.91 bits per heavy atom. The minimum Gasteiger partial charge on any atom is -0.504 e. The molecule has 0 bridgehead atoms. The summed E-state index contributed by atoms with van der Waals surface area (Å²) in [5.41, 5.74) is 4.62. The lowest BCUT2D eigenvalue weighted by atomic mass is 10.2.